The molecular formula is C29H27F4N5O4S. The zero-order chi connectivity index (χ0) is 31.2. The number of alkyl halides is 3. The van der Waals surface area contributed by atoms with E-state index in [0.29, 0.717) is 17.8 Å². The SMILES string of the molecule is CS(=O)(=O)c1ccc(NC(N)=NC2=NCC(c3ccc(NC(=O)Cc4ccc(F)cc4)cc3)C=C2)c(OCC(F)(F)F)c1. The van der Waals surface area contributed by atoms with Crippen molar-refractivity contribution in [1.82, 2.24) is 0 Å². The first-order valence-electron chi connectivity index (χ1n) is 12.8. The number of dihydropyridines is 1. The normalized spacial score (nSPS) is 15.5. The number of nitrogens with two attached hydrogens (primary N) is 1. The summed E-state index contributed by atoms with van der Waals surface area (Å²) in [5.41, 5.74) is 8.16. The first-order valence-corrected chi connectivity index (χ1v) is 14.7. The molecule has 1 heterocycles. The third-order valence-electron chi connectivity index (χ3n) is 6.10. The van der Waals surface area contributed by atoms with E-state index in [1.54, 1.807) is 30.3 Å². The molecule has 4 N–H and O–H groups in total. The van der Waals surface area contributed by atoms with Gasteiger partial charge >= 0.3 is 6.18 Å². The Labute approximate surface area is 245 Å². The summed E-state index contributed by atoms with van der Waals surface area (Å²) in [5, 5.41) is 5.43. The van der Waals surface area contributed by atoms with Gasteiger partial charge in [0.25, 0.3) is 0 Å². The van der Waals surface area contributed by atoms with Gasteiger partial charge in [-0.2, -0.15) is 18.2 Å². The highest BCUT2D eigenvalue weighted by atomic mass is 32.2. The van der Waals surface area contributed by atoms with E-state index in [0.717, 1.165) is 17.9 Å². The molecule has 14 heteroatoms. The van der Waals surface area contributed by atoms with Crippen molar-refractivity contribution in [3.05, 3.63) is 95.8 Å². The zero-order valence-corrected chi connectivity index (χ0v) is 23.5. The molecule has 0 spiro atoms. The fourth-order valence-electron chi connectivity index (χ4n) is 4.01. The Balaban J connectivity index is 1.36. The van der Waals surface area contributed by atoms with Crippen molar-refractivity contribution in [2.75, 3.05) is 30.0 Å². The lowest BCUT2D eigenvalue weighted by Gasteiger charge is -2.17. The molecule has 0 aromatic heterocycles. The third-order valence-corrected chi connectivity index (χ3v) is 7.21. The van der Waals surface area contributed by atoms with E-state index >= 15 is 0 Å². The number of nitrogens with zero attached hydrogens (tertiary/aromatic N) is 2. The van der Waals surface area contributed by atoms with E-state index in [-0.39, 0.29) is 52.2 Å². The molecule has 43 heavy (non-hydrogen) atoms. The minimum Gasteiger partial charge on any atom is -0.482 e. The number of rotatable bonds is 8. The summed E-state index contributed by atoms with van der Waals surface area (Å²) in [4.78, 5) is 20.6. The van der Waals surface area contributed by atoms with E-state index in [4.69, 9.17) is 10.5 Å². The van der Waals surface area contributed by atoms with Crippen LogP contribution in [0, 0.1) is 5.82 Å². The number of hydrogen-bond donors (Lipinski definition) is 3. The predicted octanol–water partition coefficient (Wildman–Crippen LogP) is 4.83. The van der Waals surface area contributed by atoms with Crippen LogP contribution in [0.4, 0.5) is 28.9 Å². The lowest BCUT2D eigenvalue weighted by Crippen LogP contribution is -2.25. The molecule has 0 radical (unpaired) electrons. The number of carbonyl (C=O) groups is 1. The molecule has 3 aromatic carbocycles. The summed E-state index contributed by atoms with van der Waals surface area (Å²) in [6, 6.07) is 16.3. The monoisotopic (exact) mass is 617 g/mol. The lowest BCUT2D eigenvalue weighted by molar-refractivity contribution is -0.153. The molecule has 1 unspecified atom stereocenters. The molecule has 0 saturated carbocycles. The van der Waals surface area contributed by atoms with Crippen LogP contribution in [0.1, 0.15) is 17.0 Å². The molecule has 1 atom stereocenters. The van der Waals surface area contributed by atoms with Crippen LogP contribution in [0.5, 0.6) is 5.75 Å². The highest BCUT2D eigenvalue weighted by Crippen LogP contribution is 2.30. The van der Waals surface area contributed by atoms with Gasteiger partial charge in [-0.1, -0.05) is 30.3 Å². The van der Waals surface area contributed by atoms with E-state index < -0.39 is 22.6 Å². The van der Waals surface area contributed by atoms with Gasteiger partial charge in [-0.05, 0) is 53.6 Å². The standard InChI is InChI=1S/C29H27F4N5O4S/c1-43(40,41)23-11-12-24(25(15-23)42-17-29(31,32)33)37-28(34)38-26-13-6-20(16-35-26)19-4-9-22(10-5-19)36-27(39)14-18-2-7-21(30)8-3-18/h2-13,15,20H,14,16-17H2,1H3,(H,36,39)(H3,34,35,37,38). The van der Waals surface area contributed by atoms with Gasteiger partial charge in [0.2, 0.25) is 5.91 Å². The molecule has 226 valence electrons. The van der Waals surface area contributed by atoms with Crippen molar-refractivity contribution in [2.24, 2.45) is 15.7 Å². The summed E-state index contributed by atoms with van der Waals surface area (Å²) in [6.07, 6.45) is -0.119. The molecule has 1 aliphatic rings. The summed E-state index contributed by atoms with van der Waals surface area (Å²) in [7, 11) is -3.70. The van der Waals surface area contributed by atoms with Gasteiger partial charge in [-0.3, -0.25) is 9.79 Å². The molecule has 4 rings (SSSR count). The second kappa shape index (κ2) is 13.1. The number of hydrogen-bond acceptors (Lipinski definition) is 6. The van der Waals surface area contributed by atoms with Crippen LogP contribution >= 0.6 is 0 Å². The quantitative estimate of drug-likeness (QED) is 0.188. The Bertz CT molecular complexity index is 1670. The van der Waals surface area contributed by atoms with Crippen LogP contribution in [0.2, 0.25) is 0 Å². The lowest BCUT2D eigenvalue weighted by atomic mass is 9.97. The number of sulfone groups is 1. The van der Waals surface area contributed by atoms with Gasteiger partial charge in [-0.15, -0.1) is 0 Å². The van der Waals surface area contributed by atoms with Gasteiger partial charge in [-0.25, -0.2) is 12.8 Å². The smallest absolute Gasteiger partial charge is 0.422 e. The van der Waals surface area contributed by atoms with Crippen LogP contribution in [0.3, 0.4) is 0 Å². The fourth-order valence-corrected chi connectivity index (χ4v) is 4.64. The maximum atomic E-state index is 13.1. The topological polar surface area (TPSA) is 135 Å². The van der Waals surface area contributed by atoms with Crippen molar-refractivity contribution in [3.8, 4) is 5.75 Å². The molecule has 9 nitrogen and oxygen atoms in total. The highest BCUT2D eigenvalue weighted by Gasteiger charge is 2.29. The average molecular weight is 618 g/mol. The molecule has 0 saturated heterocycles. The minimum absolute atomic E-state index is 0.0130. The maximum Gasteiger partial charge on any atom is 0.422 e. The maximum absolute atomic E-state index is 13.1. The van der Waals surface area contributed by atoms with E-state index in [1.165, 1.54) is 24.3 Å². The number of halogens is 4. The number of guanidine groups is 1. The largest absolute Gasteiger partial charge is 0.482 e. The third kappa shape index (κ3) is 9.39. The van der Waals surface area contributed by atoms with Crippen molar-refractivity contribution in [3.63, 3.8) is 0 Å². The number of amidine groups is 1. The number of nitrogens with one attached hydrogen (secondary N) is 2. The first-order chi connectivity index (χ1) is 20.2. The van der Waals surface area contributed by atoms with Crippen LogP contribution in [-0.4, -0.2) is 51.7 Å². The predicted molar refractivity (Wildman–Crippen MR) is 156 cm³/mol. The van der Waals surface area contributed by atoms with Gasteiger partial charge < -0.3 is 21.1 Å². The van der Waals surface area contributed by atoms with Crippen molar-refractivity contribution in [2.45, 2.75) is 23.4 Å². The summed E-state index contributed by atoms with van der Waals surface area (Å²) in [6.45, 7) is -1.30. The van der Waals surface area contributed by atoms with Crippen molar-refractivity contribution >= 4 is 38.9 Å². The Kier molecular flexibility index (Phi) is 9.49. The molecular weight excluding hydrogens is 590 g/mol. The Hall–Kier alpha value is -4.72. The van der Waals surface area contributed by atoms with Crippen LogP contribution in [0.25, 0.3) is 0 Å². The van der Waals surface area contributed by atoms with Crippen molar-refractivity contribution < 1.29 is 35.5 Å². The minimum atomic E-state index is -4.64. The zero-order valence-electron chi connectivity index (χ0n) is 22.7. The number of amides is 1. The van der Waals surface area contributed by atoms with Crippen LogP contribution < -0.4 is 21.1 Å². The van der Waals surface area contributed by atoms with Gasteiger partial charge in [0.15, 0.2) is 28.2 Å². The van der Waals surface area contributed by atoms with Gasteiger partial charge in [0.05, 0.1) is 23.5 Å². The summed E-state index contributed by atoms with van der Waals surface area (Å²) in [5.74, 6) is -0.993. The number of benzene rings is 3. The molecule has 1 amide bonds. The Morgan fingerprint density at radius 2 is 1.77 bits per heavy atom. The first kappa shape index (κ1) is 31.2. The van der Waals surface area contributed by atoms with Gasteiger partial charge in [0, 0.05) is 23.9 Å². The number of aliphatic imine (C=N–C) groups is 2. The van der Waals surface area contributed by atoms with E-state index in [2.05, 4.69) is 20.6 Å². The van der Waals surface area contributed by atoms with Crippen molar-refractivity contribution in [1.29, 1.82) is 0 Å². The van der Waals surface area contributed by atoms with Gasteiger partial charge in [0.1, 0.15) is 11.6 Å². The second-order valence-corrected chi connectivity index (χ2v) is 11.6. The Morgan fingerprint density at radius 1 is 1.07 bits per heavy atom. The van der Waals surface area contributed by atoms with E-state index in [9.17, 15) is 30.8 Å². The highest BCUT2D eigenvalue weighted by molar-refractivity contribution is 7.90. The van der Waals surface area contributed by atoms with Crippen LogP contribution in [-0.2, 0) is 21.1 Å². The molecule has 3 aromatic rings. The van der Waals surface area contributed by atoms with E-state index in [1.807, 2.05) is 18.2 Å². The number of carbonyl (C=O) groups excluding carboxylic acids is 1. The van der Waals surface area contributed by atoms with Crippen LogP contribution in [0.15, 0.2) is 93.8 Å². The molecule has 0 bridgehead atoms. The fraction of sp³-hybridized carbons (Fsp3) is 0.207. The summed E-state index contributed by atoms with van der Waals surface area (Å²) >= 11 is 0. The number of ether oxygens (including phenoxy) is 1. The average Bonchev–Trinajstić information content (AvgIpc) is 2.93. The molecule has 0 fully saturated rings. The summed E-state index contributed by atoms with van der Waals surface area (Å²) < 4.78 is 79.7. The molecule has 1 aliphatic heterocycles. The Morgan fingerprint density at radius 3 is 2.37 bits per heavy atom. The molecule has 0 aliphatic carbocycles. The number of anilines is 2. The second-order valence-electron chi connectivity index (χ2n) is 9.59.